The molecule has 2 aromatic carbocycles. The molecule has 2 heterocycles. The fourth-order valence-electron chi connectivity index (χ4n) is 3.50. The summed E-state index contributed by atoms with van der Waals surface area (Å²) in [6, 6.07) is 14.1. The Kier molecular flexibility index (Phi) is 4.50. The van der Waals surface area contributed by atoms with Gasteiger partial charge in [-0.3, -0.25) is 4.79 Å². The largest absolute Gasteiger partial charge is 0.342 e. The molecule has 5 heteroatoms. The fraction of sp³-hybridized carbons (Fsp3) is 0.300. The van der Waals surface area contributed by atoms with Crippen molar-refractivity contribution in [2.24, 2.45) is 0 Å². The predicted octanol–water partition coefficient (Wildman–Crippen LogP) is 4.50. The number of likely N-dealkylation sites (tertiary alicyclic amines) is 1. The smallest absolute Gasteiger partial charge is 0.254 e. The summed E-state index contributed by atoms with van der Waals surface area (Å²) in [5, 5.41) is 0. The lowest BCUT2D eigenvalue weighted by Gasteiger charge is -2.31. The second-order valence-corrected chi connectivity index (χ2v) is 7.85. The highest BCUT2D eigenvalue weighted by Crippen LogP contribution is 2.29. The summed E-state index contributed by atoms with van der Waals surface area (Å²) in [5.41, 5.74) is 4.17. The maximum Gasteiger partial charge on any atom is 0.254 e. The number of piperidine rings is 1. The molecule has 1 aromatic heterocycles. The highest BCUT2D eigenvalue weighted by molar-refractivity contribution is 14.1. The SMILES string of the molecule is Cc1ccc2nc(C3CCN(C(=O)c4ccccc4I)CC3)[nH]c2c1. The van der Waals surface area contributed by atoms with E-state index in [1.807, 2.05) is 29.2 Å². The summed E-state index contributed by atoms with van der Waals surface area (Å²) >= 11 is 2.23. The van der Waals surface area contributed by atoms with Crippen LogP contribution in [0.1, 0.15) is 40.5 Å². The van der Waals surface area contributed by atoms with Crippen LogP contribution in [0, 0.1) is 10.5 Å². The van der Waals surface area contributed by atoms with Gasteiger partial charge in [-0.25, -0.2) is 4.98 Å². The summed E-state index contributed by atoms with van der Waals surface area (Å²) in [7, 11) is 0. The minimum Gasteiger partial charge on any atom is -0.342 e. The number of amides is 1. The van der Waals surface area contributed by atoms with Crippen molar-refractivity contribution in [2.75, 3.05) is 13.1 Å². The Balaban J connectivity index is 1.47. The molecule has 25 heavy (non-hydrogen) atoms. The van der Waals surface area contributed by atoms with Gasteiger partial charge in [-0.15, -0.1) is 0 Å². The van der Waals surface area contributed by atoms with Gasteiger partial charge in [0, 0.05) is 22.6 Å². The maximum atomic E-state index is 12.7. The van der Waals surface area contributed by atoms with Crippen LogP contribution < -0.4 is 0 Å². The molecule has 0 saturated carbocycles. The monoisotopic (exact) mass is 445 g/mol. The number of hydrogen-bond donors (Lipinski definition) is 1. The first-order chi connectivity index (χ1) is 12.1. The molecule has 0 aliphatic carbocycles. The Morgan fingerprint density at radius 2 is 1.96 bits per heavy atom. The molecule has 1 aliphatic rings. The van der Waals surface area contributed by atoms with Crippen molar-refractivity contribution in [3.63, 3.8) is 0 Å². The first-order valence-corrected chi connectivity index (χ1v) is 9.70. The summed E-state index contributed by atoms with van der Waals surface area (Å²) < 4.78 is 1.01. The Hall–Kier alpha value is -1.89. The van der Waals surface area contributed by atoms with E-state index in [2.05, 4.69) is 52.7 Å². The third-order valence-electron chi connectivity index (χ3n) is 4.93. The van der Waals surface area contributed by atoms with Crippen LogP contribution >= 0.6 is 22.6 Å². The molecule has 0 radical (unpaired) electrons. The molecule has 1 fully saturated rings. The Morgan fingerprint density at radius 1 is 1.20 bits per heavy atom. The zero-order valence-corrected chi connectivity index (χ0v) is 16.3. The molecule has 4 rings (SSSR count). The summed E-state index contributed by atoms with van der Waals surface area (Å²) in [6.07, 6.45) is 1.90. The van der Waals surface area contributed by atoms with Crippen molar-refractivity contribution in [1.29, 1.82) is 0 Å². The lowest BCUT2D eigenvalue weighted by atomic mass is 9.95. The number of hydrogen-bond acceptors (Lipinski definition) is 2. The van der Waals surface area contributed by atoms with Gasteiger partial charge in [-0.2, -0.15) is 0 Å². The second kappa shape index (κ2) is 6.78. The Labute approximate surface area is 160 Å². The highest BCUT2D eigenvalue weighted by Gasteiger charge is 2.27. The maximum absolute atomic E-state index is 12.7. The van der Waals surface area contributed by atoms with Crippen LogP contribution in [-0.4, -0.2) is 33.9 Å². The van der Waals surface area contributed by atoms with Gasteiger partial charge < -0.3 is 9.88 Å². The number of halogens is 1. The van der Waals surface area contributed by atoms with Crippen LogP contribution in [0.5, 0.6) is 0 Å². The van der Waals surface area contributed by atoms with E-state index in [4.69, 9.17) is 4.98 Å². The number of rotatable bonds is 2. The van der Waals surface area contributed by atoms with Crippen LogP contribution in [0.25, 0.3) is 11.0 Å². The molecule has 1 N–H and O–H groups in total. The Morgan fingerprint density at radius 3 is 2.72 bits per heavy atom. The van der Waals surface area contributed by atoms with Crippen LogP contribution in [-0.2, 0) is 0 Å². The summed E-state index contributed by atoms with van der Waals surface area (Å²) in [6.45, 7) is 3.66. The second-order valence-electron chi connectivity index (χ2n) is 6.69. The third kappa shape index (κ3) is 3.29. The van der Waals surface area contributed by atoms with E-state index in [1.165, 1.54) is 5.56 Å². The van der Waals surface area contributed by atoms with E-state index in [1.54, 1.807) is 0 Å². The number of carbonyl (C=O) groups excluding carboxylic acids is 1. The minimum atomic E-state index is 0.142. The molecule has 4 nitrogen and oxygen atoms in total. The zero-order valence-electron chi connectivity index (χ0n) is 14.1. The molecular weight excluding hydrogens is 425 g/mol. The minimum absolute atomic E-state index is 0.142. The number of nitrogens with zero attached hydrogens (tertiary/aromatic N) is 2. The zero-order chi connectivity index (χ0) is 17.4. The van der Waals surface area contributed by atoms with Gasteiger partial charge >= 0.3 is 0 Å². The van der Waals surface area contributed by atoms with Crippen LogP contribution in [0.3, 0.4) is 0 Å². The molecule has 0 unspecified atom stereocenters. The van der Waals surface area contributed by atoms with Crippen molar-refractivity contribution < 1.29 is 4.79 Å². The number of imidazole rings is 1. The van der Waals surface area contributed by atoms with E-state index in [9.17, 15) is 4.79 Å². The van der Waals surface area contributed by atoms with Gasteiger partial charge in [-0.05, 0) is 72.2 Å². The van der Waals surface area contributed by atoms with Gasteiger partial charge in [-0.1, -0.05) is 18.2 Å². The number of aryl methyl sites for hydroxylation is 1. The molecule has 0 bridgehead atoms. The molecule has 1 saturated heterocycles. The van der Waals surface area contributed by atoms with Crippen molar-refractivity contribution in [2.45, 2.75) is 25.7 Å². The van der Waals surface area contributed by atoms with E-state index < -0.39 is 0 Å². The molecule has 3 aromatic rings. The molecule has 128 valence electrons. The van der Waals surface area contributed by atoms with Gasteiger partial charge in [0.15, 0.2) is 0 Å². The third-order valence-corrected chi connectivity index (χ3v) is 5.87. The van der Waals surface area contributed by atoms with Crippen molar-refractivity contribution >= 4 is 39.5 Å². The number of aromatic nitrogens is 2. The fourth-order valence-corrected chi connectivity index (χ4v) is 4.12. The lowest BCUT2D eigenvalue weighted by molar-refractivity contribution is 0.0710. The van der Waals surface area contributed by atoms with Gasteiger partial charge in [0.25, 0.3) is 5.91 Å². The number of benzene rings is 2. The quantitative estimate of drug-likeness (QED) is 0.591. The molecular formula is C20H20IN3O. The van der Waals surface area contributed by atoms with Gasteiger partial charge in [0.1, 0.15) is 5.82 Å². The van der Waals surface area contributed by atoms with Crippen molar-refractivity contribution in [3.8, 4) is 0 Å². The van der Waals surface area contributed by atoms with Crippen molar-refractivity contribution in [1.82, 2.24) is 14.9 Å². The van der Waals surface area contributed by atoms with Gasteiger partial charge in [0.2, 0.25) is 0 Å². The molecule has 1 aliphatic heterocycles. The standard InChI is InChI=1S/C20H20IN3O/c1-13-6-7-17-18(12-13)23-19(22-17)14-8-10-24(11-9-14)20(25)15-4-2-3-5-16(15)21/h2-7,12,14H,8-11H2,1H3,(H,22,23). The summed E-state index contributed by atoms with van der Waals surface area (Å²) in [5.74, 6) is 1.59. The average Bonchev–Trinajstić information content (AvgIpc) is 3.05. The number of carbonyl (C=O) groups is 1. The Bertz CT molecular complexity index is 926. The average molecular weight is 445 g/mol. The van der Waals surface area contributed by atoms with Crippen LogP contribution in [0.4, 0.5) is 0 Å². The summed E-state index contributed by atoms with van der Waals surface area (Å²) in [4.78, 5) is 22.9. The number of nitrogens with one attached hydrogen (secondary N) is 1. The number of fused-ring (bicyclic) bond motifs is 1. The first-order valence-electron chi connectivity index (χ1n) is 8.62. The first kappa shape index (κ1) is 16.6. The topological polar surface area (TPSA) is 49.0 Å². The molecule has 0 spiro atoms. The predicted molar refractivity (Wildman–Crippen MR) is 108 cm³/mol. The number of H-pyrrole nitrogens is 1. The van der Waals surface area contributed by atoms with E-state index in [0.717, 1.165) is 51.9 Å². The molecule has 0 atom stereocenters. The van der Waals surface area contributed by atoms with Gasteiger partial charge in [0.05, 0.1) is 16.6 Å². The highest BCUT2D eigenvalue weighted by atomic mass is 127. The van der Waals surface area contributed by atoms with E-state index in [-0.39, 0.29) is 5.91 Å². The molecule has 1 amide bonds. The lowest BCUT2D eigenvalue weighted by Crippen LogP contribution is -2.38. The van der Waals surface area contributed by atoms with E-state index >= 15 is 0 Å². The normalized spacial score (nSPS) is 15.7. The van der Waals surface area contributed by atoms with Crippen LogP contribution in [0.2, 0.25) is 0 Å². The van der Waals surface area contributed by atoms with E-state index in [0.29, 0.717) is 5.92 Å². The number of aromatic amines is 1. The van der Waals surface area contributed by atoms with Crippen molar-refractivity contribution in [3.05, 3.63) is 63.0 Å². The van der Waals surface area contributed by atoms with Crippen LogP contribution in [0.15, 0.2) is 42.5 Å².